The molecule has 4 aliphatic carbocycles. The van der Waals surface area contributed by atoms with Crippen LogP contribution in [0.5, 0.6) is 0 Å². The fourth-order valence-corrected chi connectivity index (χ4v) is 17.5. The first-order valence-electron chi connectivity index (χ1n) is 17.8. The molecule has 0 saturated heterocycles. The molecule has 0 fully saturated rings. The Morgan fingerprint density at radius 2 is 1.10 bits per heavy atom. The van der Waals surface area contributed by atoms with Crippen molar-refractivity contribution in [2.24, 2.45) is 5.41 Å². The van der Waals surface area contributed by atoms with Crippen molar-refractivity contribution in [3.8, 4) is 11.1 Å². The summed E-state index contributed by atoms with van der Waals surface area (Å²) in [5, 5.41) is 0. The van der Waals surface area contributed by atoms with Crippen LogP contribution in [0.25, 0.3) is 23.3 Å². The molecule has 0 saturated carbocycles. The number of hydrogen-bond donors (Lipinski definition) is 0. The average Bonchev–Trinajstić information content (AvgIpc) is 3.79. The number of aryl methyl sites for hydroxylation is 2. The van der Waals surface area contributed by atoms with E-state index in [1.807, 2.05) is 0 Å². The smallest absolute Gasteiger partial charge is 1.00 e. The molecule has 4 aliphatic rings. The molecule has 0 unspecified atom stereocenters. The molecule has 4 aromatic carbocycles. The molecule has 0 N–H and O–H groups in total. The maximum Gasteiger partial charge on any atom is -1.00 e. The molecule has 0 radical (unpaired) electrons. The topological polar surface area (TPSA) is 0 Å². The summed E-state index contributed by atoms with van der Waals surface area (Å²) in [7, 11) is 0. The molecule has 0 atom stereocenters. The van der Waals surface area contributed by atoms with E-state index in [9.17, 15) is 0 Å². The predicted octanol–water partition coefficient (Wildman–Crippen LogP) is 6.14. The van der Waals surface area contributed by atoms with Gasteiger partial charge in [0.05, 0.1) is 0 Å². The van der Waals surface area contributed by atoms with Gasteiger partial charge in [-0.3, -0.25) is 0 Å². The summed E-state index contributed by atoms with van der Waals surface area (Å²) in [6.45, 7) is 21.1. The molecule has 3 heteroatoms. The Kier molecular flexibility index (Phi) is 9.60. The summed E-state index contributed by atoms with van der Waals surface area (Å²) >= 11 is -2.87. The van der Waals surface area contributed by atoms with E-state index in [1.165, 1.54) is 61.2 Å². The van der Waals surface area contributed by atoms with Crippen LogP contribution in [0.3, 0.4) is 0 Å². The van der Waals surface area contributed by atoms with Gasteiger partial charge in [0.2, 0.25) is 0 Å². The van der Waals surface area contributed by atoms with Crippen LogP contribution in [0, 0.1) is 19.3 Å². The van der Waals surface area contributed by atoms with Gasteiger partial charge in [-0.15, -0.1) is 0 Å². The molecular weight excluding hydrogens is 727 g/mol. The summed E-state index contributed by atoms with van der Waals surface area (Å²) in [5.74, 6) is 0. The van der Waals surface area contributed by atoms with Gasteiger partial charge in [-0.05, 0) is 0 Å². The molecule has 50 heavy (non-hydrogen) atoms. The molecule has 0 aliphatic heterocycles. The van der Waals surface area contributed by atoms with E-state index in [4.69, 9.17) is 0 Å². The summed E-state index contributed by atoms with van der Waals surface area (Å²) in [6.07, 6.45) is 15.8. The minimum atomic E-state index is -2.87. The van der Waals surface area contributed by atoms with Crippen LogP contribution in [0.1, 0.15) is 114 Å². The van der Waals surface area contributed by atoms with Crippen molar-refractivity contribution in [2.75, 3.05) is 0 Å². The van der Waals surface area contributed by atoms with E-state index in [2.05, 4.69) is 172 Å². The van der Waals surface area contributed by atoms with Crippen molar-refractivity contribution in [1.82, 2.24) is 0 Å². The monoisotopic (exact) mass is 772 g/mol. The molecule has 8 rings (SSSR count). The fraction of sp³-hybridized carbons (Fsp3) is 0.298. The first-order chi connectivity index (χ1) is 22.7. The van der Waals surface area contributed by atoms with Gasteiger partial charge < -0.3 is 24.8 Å². The number of halogens is 2. The van der Waals surface area contributed by atoms with Crippen molar-refractivity contribution in [3.05, 3.63) is 162 Å². The molecule has 0 heterocycles. The Labute approximate surface area is 320 Å². The molecule has 0 bridgehead atoms. The van der Waals surface area contributed by atoms with Crippen molar-refractivity contribution in [3.63, 3.8) is 0 Å². The summed E-state index contributed by atoms with van der Waals surface area (Å²) in [5.41, 5.74) is 19.0. The van der Waals surface area contributed by atoms with Crippen LogP contribution in [-0.2, 0) is 32.1 Å². The van der Waals surface area contributed by atoms with Crippen LogP contribution in [0.2, 0.25) is 0 Å². The first-order valence-corrected chi connectivity index (χ1v) is 21.6. The van der Waals surface area contributed by atoms with Crippen molar-refractivity contribution >= 4 is 15.4 Å². The van der Waals surface area contributed by atoms with E-state index < -0.39 is 21.3 Å². The van der Waals surface area contributed by atoms with E-state index in [0.717, 1.165) is 6.42 Å². The van der Waals surface area contributed by atoms with Crippen molar-refractivity contribution < 1.29 is 46.1 Å². The second-order valence-electron chi connectivity index (χ2n) is 16.9. The minimum Gasteiger partial charge on any atom is -1.00 e. The number of hydrogen-bond acceptors (Lipinski definition) is 0. The van der Waals surface area contributed by atoms with Gasteiger partial charge in [-0.25, -0.2) is 0 Å². The maximum atomic E-state index is 2.66. The summed E-state index contributed by atoms with van der Waals surface area (Å²) in [6, 6.07) is 29.4. The number of fused-ring (bicyclic) bond motifs is 5. The van der Waals surface area contributed by atoms with Crippen molar-refractivity contribution in [1.29, 1.82) is 0 Å². The average molecular weight is 775 g/mol. The van der Waals surface area contributed by atoms with Crippen LogP contribution >= 0.6 is 0 Å². The zero-order valence-electron chi connectivity index (χ0n) is 30.9. The van der Waals surface area contributed by atoms with Gasteiger partial charge in [0.1, 0.15) is 0 Å². The van der Waals surface area contributed by atoms with Gasteiger partial charge in [-0.1, -0.05) is 0 Å². The first kappa shape index (κ1) is 36.9. The Bertz CT molecular complexity index is 2050. The van der Waals surface area contributed by atoms with Crippen LogP contribution in [0.4, 0.5) is 0 Å². The molecule has 0 amide bonds. The van der Waals surface area contributed by atoms with Gasteiger partial charge in [0.15, 0.2) is 0 Å². The zero-order chi connectivity index (χ0) is 33.7. The normalized spacial score (nSPS) is 17.0. The van der Waals surface area contributed by atoms with E-state index in [1.54, 1.807) is 17.6 Å². The molecular formula is C47H48Cl2Zr. The largest absolute Gasteiger partial charge is 1.00 e. The Hall–Kier alpha value is -2.83. The van der Waals surface area contributed by atoms with E-state index in [0.29, 0.717) is 3.63 Å². The van der Waals surface area contributed by atoms with Gasteiger partial charge in [-0.2, -0.15) is 0 Å². The Morgan fingerprint density at radius 3 is 1.50 bits per heavy atom. The van der Waals surface area contributed by atoms with E-state index in [-0.39, 0.29) is 41.1 Å². The fourth-order valence-electron chi connectivity index (χ4n) is 8.50. The quantitative estimate of drug-likeness (QED) is 0.234. The summed E-state index contributed by atoms with van der Waals surface area (Å²) in [4.78, 5) is 0. The summed E-state index contributed by atoms with van der Waals surface area (Å²) < 4.78 is 3.74. The third-order valence-electron chi connectivity index (χ3n) is 11.4. The van der Waals surface area contributed by atoms with Crippen molar-refractivity contribution in [2.45, 2.75) is 83.2 Å². The third kappa shape index (κ3) is 6.10. The van der Waals surface area contributed by atoms with E-state index >= 15 is 0 Å². The second-order valence-corrected chi connectivity index (χ2v) is 23.2. The minimum absolute atomic E-state index is 0. The van der Waals surface area contributed by atoms with Gasteiger partial charge >= 0.3 is 298 Å². The molecule has 254 valence electrons. The second kappa shape index (κ2) is 13.0. The molecule has 0 spiro atoms. The van der Waals surface area contributed by atoms with Gasteiger partial charge in [0.25, 0.3) is 0 Å². The predicted molar refractivity (Wildman–Crippen MR) is 204 cm³/mol. The number of allylic oxidation sites excluding steroid dienone is 6. The molecule has 4 aromatic rings. The standard InChI is InChI=1S/C23H21.C15H14.C9H13.2ClH.Zr/c1-22(2)7-5-14-10-18-16(12-20(14)22)9-17-13-21-15(11-19(17)18)6-8-23(21,3)4;1-12-3-7-14(8-4-12)11-15-9-5-13(2)6-10-15;1-9(2,3)8-6-4-5-7-8;;;/h5-13H,1-4H3;3-10H,1-2H3;6-7H,4H2,1-3H3;2*1H;/q;;;;;+2/p-2. The SMILES string of the molecule is Cc1ccc([C](c2ccc(C)cc2)=[Zr+2]([C]2=CC(C(C)(C)C)=CC2)[CH]2c3cc4c(cc3-c3cc5c(cc32)C(C)(C)C=C5)C=CC4(C)C)cc1.[Cl-].[Cl-]. The maximum absolute atomic E-state index is 2.87. The number of benzene rings is 4. The Balaban J connectivity index is 0.00000216. The van der Waals surface area contributed by atoms with Gasteiger partial charge in [0, 0.05) is 0 Å². The molecule has 0 nitrogen and oxygen atoms in total. The third-order valence-corrected chi connectivity index (χ3v) is 19.7. The van der Waals surface area contributed by atoms with Crippen LogP contribution < -0.4 is 24.8 Å². The van der Waals surface area contributed by atoms with Crippen LogP contribution in [-0.4, -0.2) is 3.21 Å². The van der Waals surface area contributed by atoms with Crippen LogP contribution in [0.15, 0.2) is 106 Å². The number of rotatable bonds is 4. The molecule has 0 aromatic heterocycles. The Morgan fingerprint density at radius 1 is 0.660 bits per heavy atom. The zero-order valence-corrected chi connectivity index (χ0v) is 34.9.